The summed E-state index contributed by atoms with van der Waals surface area (Å²) in [7, 11) is 0. The van der Waals surface area contributed by atoms with Crippen molar-refractivity contribution in [2.24, 2.45) is 15.4 Å². The van der Waals surface area contributed by atoms with Crippen LogP contribution in [0.5, 0.6) is 0 Å². The molecule has 1 aromatic rings. The highest BCUT2D eigenvalue weighted by atomic mass is 16.3. The summed E-state index contributed by atoms with van der Waals surface area (Å²) in [5.74, 6) is 0. The van der Waals surface area contributed by atoms with Crippen LogP contribution in [0.2, 0.25) is 0 Å². The topological polar surface area (TPSA) is 54.1 Å². The van der Waals surface area contributed by atoms with Gasteiger partial charge in [0.2, 0.25) is 0 Å². The van der Waals surface area contributed by atoms with Crippen LogP contribution in [0.4, 0.5) is 5.69 Å². The third-order valence-electron chi connectivity index (χ3n) is 1.25. The molecule has 0 fully saturated rings. The van der Waals surface area contributed by atoms with E-state index < -0.39 is 6.17 Å². The molecule has 1 unspecified atom stereocenters. The molecule has 12 heavy (non-hydrogen) atoms. The molecule has 0 aromatic heterocycles. The van der Waals surface area contributed by atoms with Crippen molar-refractivity contribution in [3.63, 3.8) is 0 Å². The van der Waals surface area contributed by atoms with Crippen molar-refractivity contribution in [1.82, 2.24) is 0 Å². The molecule has 62 valence electrons. The van der Waals surface area contributed by atoms with E-state index in [-0.39, 0.29) is 0 Å². The summed E-state index contributed by atoms with van der Waals surface area (Å²) >= 11 is 0. The van der Waals surface area contributed by atoms with Crippen LogP contribution in [0.15, 0.2) is 45.7 Å². The van der Waals surface area contributed by atoms with Crippen LogP contribution in [0.3, 0.4) is 0 Å². The molecule has 0 aliphatic rings. The van der Waals surface area contributed by atoms with E-state index in [4.69, 9.17) is 0 Å². The zero-order valence-corrected chi connectivity index (χ0v) is 6.71. The number of rotatable bonds is 3. The van der Waals surface area contributed by atoms with Gasteiger partial charge in [-0.25, -0.2) is 0 Å². The smallest absolute Gasteiger partial charge is 0.158 e. The van der Waals surface area contributed by atoms with Gasteiger partial charge >= 0.3 is 0 Å². The predicted octanol–water partition coefficient (Wildman–Crippen LogP) is 2.88. The maximum Gasteiger partial charge on any atom is 0.199 e. The summed E-state index contributed by atoms with van der Waals surface area (Å²) in [4.78, 5) is 9.92. The molecule has 0 saturated carbocycles. The van der Waals surface area contributed by atoms with Gasteiger partial charge in [-0.2, -0.15) is 10.2 Å². The Morgan fingerprint density at radius 1 is 1.25 bits per heavy atom. The monoisotopic (exact) mass is 163 g/mol. The number of azo groups is 1. The predicted molar refractivity (Wildman–Crippen MR) is 46.2 cm³/mol. The Hall–Kier alpha value is -1.58. The SMILES string of the molecule is CC(N=O)N=Nc1ccccc1. The van der Waals surface area contributed by atoms with E-state index in [0.29, 0.717) is 0 Å². The van der Waals surface area contributed by atoms with Gasteiger partial charge in [0.05, 0.1) is 5.69 Å². The summed E-state index contributed by atoms with van der Waals surface area (Å²) in [5, 5.41) is 10.2. The summed E-state index contributed by atoms with van der Waals surface area (Å²) < 4.78 is 0. The average molecular weight is 163 g/mol. The first-order valence-corrected chi connectivity index (χ1v) is 3.61. The lowest BCUT2D eigenvalue weighted by Gasteiger charge is -1.91. The van der Waals surface area contributed by atoms with E-state index in [1.165, 1.54) is 0 Å². The molecule has 4 heteroatoms. The first-order valence-electron chi connectivity index (χ1n) is 3.61. The van der Waals surface area contributed by atoms with Gasteiger partial charge in [-0.3, -0.25) is 0 Å². The van der Waals surface area contributed by atoms with E-state index in [1.54, 1.807) is 19.1 Å². The Kier molecular flexibility index (Phi) is 3.07. The zero-order valence-electron chi connectivity index (χ0n) is 6.71. The van der Waals surface area contributed by atoms with E-state index >= 15 is 0 Å². The second kappa shape index (κ2) is 4.33. The van der Waals surface area contributed by atoms with E-state index in [0.717, 1.165) is 5.69 Å². The third-order valence-corrected chi connectivity index (χ3v) is 1.25. The highest BCUT2D eigenvalue weighted by Gasteiger charge is 1.93. The van der Waals surface area contributed by atoms with Crippen molar-refractivity contribution >= 4 is 5.69 Å². The highest BCUT2D eigenvalue weighted by Crippen LogP contribution is 2.10. The first-order chi connectivity index (χ1) is 5.83. The molecule has 0 aliphatic carbocycles. The summed E-state index contributed by atoms with van der Waals surface area (Å²) in [6, 6.07) is 9.21. The number of hydrogen-bond donors (Lipinski definition) is 0. The molecule has 0 amide bonds. The maximum atomic E-state index is 9.92. The summed E-state index contributed by atoms with van der Waals surface area (Å²) in [6.45, 7) is 1.58. The van der Waals surface area contributed by atoms with Gasteiger partial charge in [0.1, 0.15) is 0 Å². The van der Waals surface area contributed by atoms with Crippen molar-refractivity contribution in [1.29, 1.82) is 0 Å². The van der Waals surface area contributed by atoms with E-state index in [9.17, 15) is 4.91 Å². The largest absolute Gasteiger partial charge is 0.199 e. The van der Waals surface area contributed by atoms with Gasteiger partial charge in [-0.05, 0) is 24.2 Å². The van der Waals surface area contributed by atoms with Crippen LogP contribution < -0.4 is 0 Å². The minimum Gasteiger partial charge on any atom is -0.158 e. The van der Waals surface area contributed by atoms with Crippen LogP contribution in [0, 0.1) is 4.91 Å². The fourth-order valence-corrected chi connectivity index (χ4v) is 0.666. The Morgan fingerprint density at radius 2 is 1.92 bits per heavy atom. The molecular weight excluding hydrogens is 154 g/mol. The van der Waals surface area contributed by atoms with E-state index in [2.05, 4.69) is 15.4 Å². The number of nitroso groups, excluding NO2 is 1. The molecule has 0 saturated heterocycles. The third kappa shape index (κ3) is 2.57. The Labute approximate surface area is 70.3 Å². The average Bonchev–Trinajstić information content (AvgIpc) is 2.16. The van der Waals surface area contributed by atoms with Gasteiger partial charge in [0.15, 0.2) is 6.17 Å². The number of benzene rings is 1. The second-order valence-corrected chi connectivity index (χ2v) is 2.29. The van der Waals surface area contributed by atoms with Crippen molar-refractivity contribution in [2.45, 2.75) is 13.1 Å². The molecule has 0 bridgehead atoms. The molecule has 4 nitrogen and oxygen atoms in total. The van der Waals surface area contributed by atoms with Crippen molar-refractivity contribution in [3.8, 4) is 0 Å². The molecule has 0 aliphatic heterocycles. The fourth-order valence-electron chi connectivity index (χ4n) is 0.666. The molecular formula is C8H9N3O. The molecule has 1 rings (SSSR count). The molecule has 0 spiro atoms. The summed E-state index contributed by atoms with van der Waals surface area (Å²) in [5.41, 5.74) is 0.730. The first kappa shape index (κ1) is 8.52. The zero-order chi connectivity index (χ0) is 8.81. The van der Waals surface area contributed by atoms with Crippen LogP contribution in [-0.2, 0) is 0 Å². The second-order valence-electron chi connectivity index (χ2n) is 2.29. The van der Waals surface area contributed by atoms with Gasteiger partial charge in [-0.15, -0.1) is 4.91 Å². The quantitative estimate of drug-likeness (QED) is 0.499. The molecule has 0 heterocycles. The van der Waals surface area contributed by atoms with Crippen molar-refractivity contribution in [2.75, 3.05) is 0 Å². The molecule has 0 radical (unpaired) electrons. The van der Waals surface area contributed by atoms with Crippen LogP contribution >= 0.6 is 0 Å². The minimum atomic E-state index is -0.606. The minimum absolute atomic E-state index is 0.606. The maximum absolute atomic E-state index is 9.92. The van der Waals surface area contributed by atoms with Crippen LogP contribution in [0.25, 0.3) is 0 Å². The fraction of sp³-hybridized carbons (Fsp3) is 0.250. The Morgan fingerprint density at radius 3 is 2.50 bits per heavy atom. The lowest BCUT2D eigenvalue weighted by molar-refractivity contribution is 0.738. The molecule has 1 aromatic carbocycles. The van der Waals surface area contributed by atoms with Gasteiger partial charge < -0.3 is 0 Å². The summed E-state index contributed by atoms with van der Waals surface area (Å²) in [6.07, 6.45) is -0.606. The van der Waals surface area contributed by atoms with Crippen molar-refractivity contribution in [3.05, 3.63) is 35.2 Å². The molecule has 1 atom stereocenters. The lowest BCUT2D eigenvalue weighted by Crippen LogP contribution is -1.86. The van der Waals surface area contributed by atoms with Gasteiger partial charge in [0.25, 0.3) is 0 Å². The Bertz CT molecular complexity index is 271. The van der Waals surface area contributed by atoms with Crippen LogP contribution in [0.1, 0.15) is 6.92 Å². The number of hydrogen-bond acceptors (Lipinski definition) is 4. The highest BCUT2D eigenvalue weighted by molar-refractivity contribution is 5.34. The standard InChI is InChI=1S/C8H9N3O/c1-7(11-12)9-10-8-5-3-2-4-6-8/h2-7H,1H3. The van der Waals surface area contributed by atoms with Gasteiger partial charge in [0, 0.05) is 0 Å². The number of nitrogens with zero attached hydrogens (tertiary/aromatic N) is 3. The Balaban J connectivity index is 2.63. The normalized spacial score (nSPS) is 13.1. The van der Waals surface area contributed by atoms with Crippen molar-refractivity contribution < 1.29 is 0 Å². The van der Waals surface area contributed by atoms with Gasteiger partial charge in [-0.1, -0.05) is 18.2 Å². The lowest BCUT2D eigenvalue weighted by atomic mass is 10.3. The van der Waals surface area contributed by atoms with E-state index in [1.807, 2.05) is 18.2 Å². The molecule has 0 N–H and O–H groups in total. The van der Waals surface area contributed by atoms with Crippen LogP contribution in [-0.4, -0.2) is 6.17 Å².